The standard InChI is InChI=1S/C10H18N4/c1-2-14-6-4-10(12-14)8-13-5-3-9(11)7-13/h4,6,9H,2-3,5,7-8,11H2,1H3. The van der Waals surface area contributed by atoms with Gasteiger partial charge in [-0.15, -0.1) is 0 Å². The average Bonchev–Trinajstić information content (AvgIpc) is 2.76. The van der Waals surface area contributed by atoms with Gasteiger partial charge in [-0.2, -0.15) is 5.10 Å². The van der Waals surface area contributed by atoms with E-state index < -0.39 is 0 Å². The van der Waals surface area contributed by atoms with E-state index >= 15 is 0 Å². The van der Waals surface area contributed by atoms with Crippen molar-refractivity contribution in [2.75, 3.05) is 13.1 Å². The molecule has 1 aromatic heterocycles. The Balaban J connectivity index is 1.90. The molecule has 4 heteroatoms. The molecule has 1 saturated heterocycles. The zero-order valence-electron chi connectivity index (χ0n) is 8.69. The van der Waals surface area contributed by atoms with Crippen LogP contribution in [0.4, 0.5) is 0 Å². The molecular formula is C10H18N4. The van der Waals surface area contributed by atoms with Crippen LogP contribution in [0.2, 0.25) is 0 Å². The maximum absolute atomic E-state index is 5.84. The largest absolute Gasteiger partial charge is 0.326 e. The highest BCUT2D eigenvalue weighted by Gasteiger charge is 2.19. The number of aromatic nitrogens is 2. The summed E-state index contributed by atoms with van der Waals surface area (Å²) in [5, 5.41) is 4.45. The maximum Gasteiger partial charge on any atom is 0.0764 e. The van der Waals surface area contributed by atoms with Crippen LogP contribution in [0, 0.1) is 0 Å². The fraction of sp³-hybridized carbons (Fsp3) is 0.700. The quantitative estimate of drug-likeness (QED) is 0.759. The van der Waals surface area contributed by atoms with E-state index in [-0.39, 0.29) is 0 Å². The predicted molar refractivity (Wildman–Crippen MR) is 55.8 cm³/mol. The van der Waals surface area contributed by atoms with Crippen LogP contribution in [0.15, 0.2) is 12.3 Å². The van der Waals surface area contributed by atoms with Gasteiger partial charge in [0.25, 0.3) is 0 Å². The van der Waals surface area contributed by atoms with Gasteiger partial charge in [0.1, 0.15) is 0 Å². The number of hydrogen-bond donors (Lipinski definition) is 1. The summed E-state index contributed by atoms with van der Waals surface area (Å²) in [6.07, 6.45) is 3.15. The number of nitrogens with two attached hydrogens (primary N) is 1. The summed E-state index contributed by atoms with van der Waals surface area (Å²) in [4.78, 5) is 2.37. The molecule has 0 bridgehead atoms. The van der Waals surface area contributed by atoms with E-state index in [2.05, 4.69) is 23.0 Å². The lowest BCUT2D eigenvalue weighted by molar-refractivity contribution is 0.321. The molecule has 1 aliphatic rings. The maximum atomic E-state index is 5.84. The van der Waals surface area contributed by atoms with Gasteiger partial charge in [-0.1, -0.05) is 0 Å². The Morgan fingerprint density at radius 2 is 2.50 bits per heavy atom. The van der Waals surface area contributed by atoms with E-state index in [1.54, 1.807) is 0 Å². The van der Waals surface area contributed by atoms with Gasteiger partial charge in [0, 0.05) is 38.4 Å². The molecule has 2 rings (SSSR count). The molecule has 14 heavy (non-hydrogen) atoms. The molecule has 0 spiro atoms. The number of aryl methyl sites for hydroxylation is 1. The molecule has 0 aliphatic carbocycles. The van der Waals surface area contributed by atoms with Crippen LogP contribution < -0.4 is 5.73 Å². The fourth-order valence-corrected chi connectivity index (χ4v) is 1.90. The molecule has 4 nitrogen and oxygen atoms in total. The Labute approximate surface area is 84.7 Å². The van der Waals surface area contributed by atoms with Crippen molar-refractivity contribution in [1.82, 2.24) is 14.7 Å². The lowest BCUT2D eigenvalue weighted by Gasteiger charge is -2.12. The summed E-state index contributed by atoms with van der Waals surface area (Å²) in [7, 11) is 0. The molecule has 0 aromatic carbocycles. The highest BCUT2D eigenvalue weighted by molar-refractivity contribution is 4.99. The van der Waals surface area contributed by atoms with E-state index in [0.29, 0.717) is 6.04 Å². The minimum Gasteiger partial charge on any atom is -0.326 e. The summed E-state index contributed by atoms with van der Waals surface area (Å²) < 4.78 is 1.96. The molecule has 1 unspecified atom stereocenters. The lowest BCUT2D eigenvalue weighted by atomic mass is 10.3. The molecule has 1 aromatic rings. The van der Waals surface area contributed by atoms with Crippen molar-refractivity contribution in [2.24, 2.45) is 5.73 Å². The topological polar surface area (TPSA) is 47.1 Å². The summed E-state index contributed by atoms with van der Waals surface area (Å²) in [6, 6.07) is 2.45. The predicted octanol–water partition coefficient (Wildman–Crippen LogP) is 0.436. The van der Waals surface area contributed by atoms with Crippen LogP contribution in [0.1, 0.15) is 19.0 Å². The molecule has 2 N–H and O–H groups in total. The fourth-order valence-electron chi connectivity index (χ4n) is 1.90. The third kappa shape index (κ3) is 2.13. The molecule has 0 amide bonds. The first-order valence-corrected chi connectivity index (χ1v) is 5.28. The molecule has 1 aliphatic heterocycles. The van der Waals surface area contributed by atoms with Crippen LogP contribution in [0.3, 0.4) is 0 Å². The lowest BCUT2D eigenvalue weighted by Crippen LogP contribution is -2.26. The number of likely N-dealkylation sites (tertiary alicyclic amines) is 1. The normalized spacial score (nSPS) is 23.1. The van der Waals surface area contributed by atoms with E-state index in [1.807, 2.05) is 10.9 Å². The molecule has 2 heterocycles. The van der Waals surface area contributed by atoms with Gasteiger partial charge in [0.15, 0.2) is 0 Å². The highest BCUT2D eigenvalue weighted by Crippen LogP contribution is 2.10. The van der Waals surface area contributed by atoms with Crippen molar-refractivity contribution >= 4 is 0 Å². The molecule has 1 atom stereocenters. The van der Waals surface area contributed by atoms with Gasteiger partial charge < -0.3 is 5.73 Å². The van der Waals surface area contributed by atoms with E-state index in [9.17, 15) is 0 Å². The van der Waals surface area contributed by atoms with Crippen LogP contribution in [0.5, 0.6) is 0 Å². The Hall–Kier alpha value is -0.870. The summed E-state index contributed by atoms with van der Waals surface area (Å²) in [6.45, 7) is 6.11. The van der Waals surface area contributed by atoms with Crippen LogP contribution in [-0.4, -0.2) is 33.8 Å². The Morgan fingerprint density at radius 1 is 1.64 bits per heavy atom. The number of rotatable bonds is 3. The minimum atomic E-state index is 0.364. The molecular weight excluding hydrogens is 176 g/mol. The van der Waals surface area contributed by atoms with E-state index in [1.165, 1.54) is 0 Å². The second kappa shape index (κ2) is 4.11. The summed E-state index contributed by atoms with van der Waals surface area (Å²) in [5.41, 5.74) is 7.00. The van der Waals surface area contributed by atoms with Gasteiger partial charge in [-0.25, -0.2) is 0 Å². The van der Waals surface area contributed by atoms with Crippen LogP contribution in [0.25, 0.3) is 0 Å². The van der Waals surface area contributed by atoms with E-state index in [4.69, 9.17) is 5.73 Å². The van der Waals surface area contributed by atoms with Gasteiger partial charge in [0.05, 0.1) is 5.69 Å². The van der Waals surface area contributed by atoms with Gasteiger partial charge in [0.2, 0.25) is 0 Å². The first kappa shape index (κ1) is 9.68. The second-order valence-corrected chi connectivity index (χ2v) is 3.95. The van der Waals surface area contributed by atoms with Gasteiger partial charge in [-0.05, 0) is 19.4 Å². The number of hydrogen-bond acceptors (Lipinski definition) is 3. The number of nitrogens with zero attached hydrogens (tertiary/aromatic N) is 3. The van der Waals surface area contributed by atoms with Crippen molar-refractivity contribution in [1.29, 1.82) is 0 Å². The zero-order chi connectivity index (χ0) is 9.97. The van der Waals surface area contributed by atoms with Crippen molar-refractivity contribution < 1.29 is 0 Å². The van der Waals surface area contributed by atoms with Crippen LogP contribution in [-0.2, 0) is 13.1 Å². The van der Waals surface area contributed by atoms with Crippen molar-refractivity contribution in [3.63, 3.8) is 0 Å². The Kier molecular flexibility index (Phi) is 2.84. The second-order valence-electron chi connectivity index (χ2n) is 3.95. The SMILES string of the molecule is CCn1ccc(CN2CCC(N)C2)n1. The van der Waals surface area contributed by atoms with Gasteiger partial charge in [-0.3, -0.25) is 9.58 Å². The minimum absolute atomic E-state index is 0.364. The van der Waals surface area contributed by atoms with Crippen molar-refractivity contribution in [3.05, 3.63) is 18.0 Å². The first-order valence-electron chi connectivity index (χ1n) is 5.28. The molecule has 78 valence electrons. The van der Waals surface area contributed by atoms with Crippen molar-refractivity contribution in [2.45, 2.75) is 32.5 Å². The summed E-state index contributed by atoms with van der Waals surface area (Å²) >= 11 is 0. The monoisotopic (exact) mass is 194 g/mol. The zero-order valence-corrected chi connectivity index (χ0v) is 8.69. The first-order chi connectivity index (χ1) is 6.78. The third-order valence-electron chi connectivity index (χ3n) is 2.71. The highest BCUT2D eigenvalue weighted by atomic mass is 15.3. The average molecular weight is 194 g/mol. The van der Waals surface area contributed by atoms with Crippen LogP contribution >= 0.6 is 0 Å². The Bertz CT molecular complexity index is 294. The molecule has 0 saturated carbocycles. The third-order valence-corrected chi connectivity index (χ3v) is 2.71. The van der Waals surface area contributed by atoms with Crippen molar-refractivity contribution in [3.8, 4) is 0 Å². The molecule has 0 radical (unpaired) electrons. The summed E-state index contributed by atoms with van der Waals surface area (Å²) in [5.74, 6) is 0. The Morgan fingerprint density at radius 3 is 3.07 bits per heavy atom. The molecule has 1 fully saturated rings. The smallest absolute Gasteiger partial charge is 0.0764 e. The van der Waals surface area contributed by atoms with E-state index in [0.717, 1.165) is 38.3 Å². The van der Waals surface area contributed by atoms with Gasteiger partial charge >= 0.3 is 0 Å².